The predicted molar refractivity (Wildman–Crippen MR) is 87.8 cm³/mol. The Bertz CT molecular complexity index is 672. The lowest BCUT2D eigenvalue weighted by atomic mass is 9.92. The van der Waals surface area contributed by atoms with E-state index in [1.165, 1.54) is 0 Å². The average Bonchev–Trinajstić information content (AvgIpc) is 2.40. The average molecular weight is 353 g/mol. The zero-order valence-corrected chi connectivity index (χ0v) is 14.4. The number of hydrogen-bond acceptors (Lipinski definition) is 3. The van der Waals surface area contributed by atoms with Crippen LogP contribution in [0.2, 0.25) is 0 Å². The lowest BCUT2D eigenvalue weighted by molar-refractivity contribution is 0.415. The van der Waals surface area contributed by atoms with Gasteiger partial charge in [-0.3, -0.25) is 0 Å². The molecule has 106 valence electrons. The van der Waals surface area contributed by atoms with Crippen LogP contribution in [0.4, 0.5) is 0 Å². The number of aromatic amines is 1. The summed E-state index contributed by atoms with van der Waals surface area (Å²) in [5.74, 6) is 1.59. The van der Waals surface area contributed by atoms with Crippen LogP contribution in [0.3, 0.4) is 0 Å². The molecule has 1 aromatic heterocycles. The van der Waals surface area contributed by atoms with Gasteiger partial charge in [-0.25, -0.2) is 4.98 Å². The third kappa shape index (κ3) is 3.10. The Hall–Kier alpha value is -1.20. The monoisotopic (exact) mass is 352 g/mol. The van der Waals surface area contributed by atoms with Gasteiger partial charge in [0.2, 0.25) is 0 Å². The topological polar surface area (TPSA) is 37.9 Å². The van der Waals surface area contributed by atoms with Crippen LogP contribution >= 0.6 is 28.1 Å². The van der Waals surface area contributed by atoms with Crippen molar-refractivity contribution in [3.8, 4) is 17.1 Å². The van der Waals surface area contributed by atoms with Gasteiger partial charge in [0.1, 0.15) is 16.2 Å². The van der Waals surface area contributed by atoms with Crippen molar-refractivity contribution in [3.05, 3.63) is 39.1 Å². The summed E-state index contributed by atoms with van der Waals surface area (Å²) >= 11 is 8.87. The molecule has 1 N–H and O–H groups in total. The van der Waals surface area contributed by atoms with Gasteiger partial charge in [0, 0.05) is 16.7 Å². The fourth-order valence-electron chi connectivity index (χ4n) is 1.86. The molecule has 0 aliphatic carbocycles. The highest BCUT2D eigenvalue weighted by Gasteiger charge is 2.20. The van der Waals surface area contributed by atoms with Crippen molar-refractivity contribution >= 4 is 28.1 Å². The first kappa shape index (κ1) is 15.2. The van der Waals surface area contributed by atoms with E-state index in [4.69, 9.17) is 17.0 Å². The van der Waals surface area contributed by atoms with Crippen LogP contribution in [-0.4, -0.2) is 17.1 Å². The minimum atomic E-state index is -0.0451. The number of nitrogens with one attached hydrogen (secondary N) is 1. The van der Waals surface area contributed by atoms with Gasteiger partial charge in [-0.2, -0.15) is 0 Å². The van der Waals surface area contributed by atoms with Crippen LogP contribution in [0, 0.1) is 4.64 Å². The molecule has 20 heavy (non-hydrogen) atoms. The van der Waals surface area contributed by atoms with E-state index < -0.39 is 0 Å². The molecule has 0 radical (unpaired) electrons. The van der Waals surface area contributed by atoms with Gasteiger partial charge in [-0.1, -0.05) is 33.0 Å². The lowest BCUT2D eigenvalue weighted by Gasteiger charge is -2.21. The number of halogens is 1. The molecule has 0 fully saturated rings. The lowest BCUT2D eigenvalue weighted by Crippen LogP contribution is -2.16. The maximum absolute atomic E-state index is 5.34. The zero-order valence-electron chi connectivity index (χ0n) is 12.0. The summed E-state index contributed by atoms with van der Waals surface area (Å²) < 4.78 is 6.59. The Morgan fingerprint density at radius 3 is 2.30 bits per heavy atom. The van der Waals surface area contributed by atoms with E-state index in [-0.39, 0.29) is 5.41 Å². The Kier molecular flexibility index (Phi) is 4.30. The first-order valence-electron chi connectivity index (χ1n) is 6.27. The van der Waals surface area contributed by atoms with Crippen LogP contribution < -0.4 is 4.74 Å². The standard InChI is InChI=1S/C15H17BrN2OS/c1-15(2,3)12-11(16)14(20)18-13(17-12)9-5-7-10(19-4)8-6-9/h5-8H,1-4H3,(H,17,18,20). The van der Waals surface area contributed by atoms with Crippen LogP contribution in [-0.2, 0) is 5.41 Å². The molecule has 2 rings (SSSR count). The van der Waals surface area contributed by atoms with Crippen molar-refractivity contribution < 1.29 is 4.74 Å². The third-order valence-electron chi connectivity index (χ3n) is 2.98. The fraction of sp³-hybridized carbons (Fsp3) is 0.333. The summed E-state index contributed by atoms with van der Waals surface area (Å²) in [5.41, 5.74) is 1.98. The number of ether oxygens (including phenoxy) is 1. The van der Waals surface area contributed by atoms with Gasteiger partial charge in [-0.05, 0) is 40.2 Å². The highest BCUT2D eigenvalue weighted by atomic mass is 79.9. The van der Waals surface area contributed by atoms with Crippen molar-refractivity contribution in [2.45, 2.75) is 26.2 Å². The molecule has 0 amide bonds. The molecule has 3 nitrogen and oxygen atoms in total. The Labute approximate surface area is 132 Å². The largest absolute Gasteiger partial charge is 0.497 e. The maximum Gasteiger partial charge on any atom is 0.144 e. The van der Waals surface area contributed by atoms with E-state index in [9.17, 15) is 0 Å². The number of rotatable bonds is 2. The molecule has 0 bridgehead atoms. The summed E-state index contributed by atoms with van der Waals surface area (Å²) in [4.78, 5) is 7.83. The van der Waals surface area contributed by atoms with Gasteiger partial charge < -0.3 is 9.72 Å². The van der Waals surface area contributed by atoms with E-state index in [0.717, 1.165) is 27.3 Å². The zero-order chi connectivity index (χ0) is 14.9. The quantitative estimate of drug-likeness (QED) is 0.783. The molecule has 1 aromatic carbocycles. The molecule has 0 unspecified atom stereocenters. The fourth-order valence-corrected chi connectivity index (χ4v) is 2.84. The van der Waals surface area contributed by atoms with Crippen molar-refractivity contribution in [1.82, 2.24) is 9.97 Å². The first-order chi connectivity index (χ1) is 9.32. The summed E-state index contributed by atoms with van der Waals surface area (Å²) in [6.07, 6.45) is 0. The molecule has 0 saturated heterocycles. The van der Waals surface area contributed by atoms with Crippen molar-refractivity contribution in [2.75, 3.05) is 7.11 Å². The van der Waals surface area contributed by atoms with Crippen LogP contribution in [0.25, 0.3) is 11.4 Å². The Morgan fingerprint density at radius 2 is 1.80 bits per heavy atom. The molecular weight excluding hydrogens is 336 g/mol. The second-order valence-electron chi connectivity index (χ2n) is 5.56. The van der Waals surface area contributed by atoms with Crippen LogP contribution in [0.5, 0.6) is 5.75 Å². The van der Waals surface area contributed by atoms with E-state index >= 15 is 0 Å². The van der Waals surface area contributed by atoms with Gasteiger partial charge in [0.25, 0.3) is 0 Å². The summed E-state index contributed by atoms with van der Waals surface area (Å²) in [7, 11) is 1.65. The second kappa shape index (κ2) is 5.66. The van der Waals surface area contributed by atoms with Crippen LogP contribution in [0.15, 0.2) is 28.7 Å². The summed E-state index contributed by atoms with van der Waals surface area (Å²) in [5, 5.41) is 0. The highest BCUT2D eigenvalue weighted by molar-refractivity contribution is 9.10. The molecule has 5 heteroatoms. The van der Waals surface area contributed by atoms with Crippen molar-refractivity contribution in [1.29, 1.82) is 0 Å². The van der Waals surface area contributed by atoms with Gasteiger partial charge >= 0.3 is 0 Å². The number of hydrogen-bond donors (Lipinski definition) is 1. The molecule has 0 spiro atoms. The number of nitrogens with zero attached hydrogens (tertiary/aromatic N) is 1. The third-order valence-corrected chi connectivity index (χ3v) is 4.31. The van der Waals surface area contributed by atoms with E-state index in [1.54, 1.807) is 7.11 Å². The first-order valence-corrected chi connectivity index (χ1v) is 7.48. The second-order valence-corrected chi connectivity index (χ2v) is 6.74. The Balaban J connectivity index is 2.57. The molecule has 0 saturated carbocycles. The van der Waals surface area contributed by atoms with E-state index in [2.05, 4.69) is 46.7 Å². The number of aromatic nitrogens is 2. The number of methoxy groups -OCH3 is 1. The molecular formula is C15H17BrN2OS. The number of H-pyrrole nitrogens is 1. The van der Waals surface area contributed by atoms with Crippen molar-refractivity contribution in [3.63, 3.8) is 0 Å². The minimum absolute atomic E-state index is 0.0451. The van der Waals surface area contributed by atoms with Crippen LogP contribution in [0.1, 0.15) is 26.5 Å². The molecule has 0 aliphatic heterocycles. The highest BCUT2D eigenvalue weighted by Crippen LogP contribution is 2.30. The SMILES string of the molecule is COc1ccc(-c2nc(=S)c(Br)c(C(C)(C)C)[nH]2)cc1. The molecule has 1 heterocycles. The van der Waals surface area contributed by atoms with E-state index in [1.807, 2.05) is 24.3 Å². The maximum atomic E-state index is 5.34. The van der Waals surface area contributed by atoms with Gasteiger partial charge in [0.05, 0.1) is 11.6 Å². The van der Waals surface area contributed by atoms with E-state index in [0.29, 0.717) is 4.64 Å². The summed E-state index contributed by atoms with van der Waals surface area (Å²) in [6, 6.07) is 7.75. The summed E-state index contributed by atoms with van der Waals surface area (Å²) in [6.45, 7) is 6.41. The molecule has 0 atom stereocenters. The van der Waals surface area contributed by atoms with Gasteiger partial charge in [0.15, 0.2) is 0 Å². The molecule has 0 aliphatic rings. The van der Waals surface area contributed by atoms with Crippen molar-refractivity contribution in [2.24, 2.45) is 0 Å². The molecule has 2 aromatic rings. The number of benzene rings is 1. The smallest absolute Gasteiger partial charge is 0.144 e. The minimum Gasteiger partial charge on any atom is -0.497 e. The Morgan fingerprint density at radius 1 is 1.20 bits per heavy atom. The predicted octanol–water partition coefficient (Wildman–Crippen LogP) is 4.87. The van der Waals surface area contributed by atoms with Gasteiger partial charge in [-0.15, -0.1) is 0 Å². The normalized spacial score (nSPS) is 11.4.